The maximum atomic E-state index is 16.1. The lowest BCUT2D eigenvalue weighted by Gasteiger charge is -2.29. The first-order valence-electron chi connectivity index (χ1n) is 10.8. The van der Waals surface area contributed by atoms with E-state index in [4.69, 9.17) is 0 Å². The minimum Gasteiger partial charge on any atom is -0.307 e. The Labute approximate surface area is 201 Å². The molecule has 160 valence electrons. The number of benzene rings is 5. The summed E-state index contributed by atoms with van der Waals surface area (Å²) in [6.07, 6.45) is 0. The van der Waals surface area contributed by atoms with Crippen LogP contribution in [0, 0.1) is 5.82 Å². The second kappa shape index (κ2) is 9.43. The number of halogens is 2. The van der Waals surface area contributed by atoms with Gasteiger partial charge in [0.25, 0.3) is 0 Å². The van der Waals surface area contributed by atoms with Crippen LogP contribution in [0.5, 0.6) is 0 Å². The van der Waals surface area contributed by atoms with Gasteiger partial charge < -0.3 is 4.90 Å². The Morgan fingerprint density at radius 1 is 0.515 bits per heavy atom. The zero-order valence-electron chi connectivity index (χ0n) is 17.8. The van der Waals surface area contributed by atoms with Crippen LogP contribution in [0.1, 0.15) is 0 Å². The smallest absolute Gasteiger partial charge is 0.148 e. The Balaban J connectivity index is 1.80. The predicted octanol–water partition coefficient (Wildman–Crippen LogP) is 9.39. The van der Waals surface area contributed by atoms with Gasteiger partial charge in [0.05, 0.1) is 5.69 Å². The molecule has 5 rings (SSSR count). The third kappa shape index (κ3) is 4.46. The highest BCUT2D eigenvalue weighted by Crippen LogP contribution is 2.44. The maximum Gasteiger partial charge on any atom is 0.148 e. The van der Waals surface area contributed by atoms with E-state index in [1.165, 1.54) is 0 Å². The first kappa shape index (κ1) is 21.2. The highest BCUT2D eigenvalue weighted by molar-refractivity contribution is 9.10. The Morgan fingerprint density at radius 2 is 1.03 bits per heavy atom. The molecule has 0 saturated carbocycles. The summed E-state index contributed by atoms with van der Waals surface area (Å²) in [5.41, 5.74) is 5.92. The fourth-order valence-electron chi connectivity index (χ4n) is 4.04. The summed E-state index contributed by atoms with van der Waals surface area (Å²) in [6.45, 7) is 0. The molecule has 0 N–H and O–H groups in total. The molecule has 0 amide bonds. The van der Waals surface area contributed by atoms with Crippen molar-refractivity contribution in [3.63, 3.8) is 0 Å². The van der Waals surface area contributed by atoms with Crippen LogP contribution in [0.25, 0.3) is 22.3 Å². The molecular formula is C30H21BrFN. The van der Waals surface area contributed by atoms with Gasteiger partial charge in [-0.25, -0.2) is 4.39 Å². The number of para-hydroxylation sites is 1. The van der Waals surface area contributed by atoms with Gasteiger partial charge in [0.2, 0.25) is 0 Å². The fourth-order valence-corrected chi connectivity index (χ4v) is 4.30. The van der Waals surface area contributed by atoms with E-state index in [9.17, 15) is 0 Å². The third-order valence-electron chi connectivity index (χ3n) is 5.58. The molecule has 0 radical (unpaired) electrons. The molecule has 3 heteroatoms. The molecule has 1 nitrogen and oxygen atoms in total. The summed E-state index contributed by atoms with van der Waals surface area (Å²) >= 11 is 3.52. The standard InChI is InChI=1S/C30H21BrFN/c31-25-16-18-27(19-17-25)33(26-14-8-3-9-15-26)30-28(23-12-6-2-7-13-23)20-24(21-29(30)32)22-10-4-1-5-11-22/h1-21H. The first-order chi connectivity index (χ1) is 16.2. The van der Waals surface area contributed by atoms with Crippen molar-refractivity contribution in [1.29, 1.82) is 0 Å². The molecule has 0 aromatic heterocycles. The van der Waals surface area contributed by atoms with E-state index in [2.05, 4.69) is 22.0 Å². The fraction of sp³-hybridized carbons (Fsp3) is 0. The number of hydrogen-bond acceptors (Lipinski definition) is 1. The van der Waals surface area contributed by atoms with Crippen LogP contribution in [-0.4, -0.2) is 0 Å². The van der Waals surface area contributed by atoms with Crippen molar-refractivity contribution in [2.24, 2.45) is 0 Å². The van der Waals surface area contributed by atoms with Gasteiger partial charge in [-0.3, -0.25) is 0 Å². The molecule has 0 bridgehead atoms. The van der Waals surface area contributed by atoms with E-state index < -0.39 is 0 Å². The Kier molecular flexibility index (Phi) is 6.05. The van der Waals surface area contributed by atoms with Crippen molar-refractivity contribution in [3.8, 4) is 22.3 Å². The SMILES string of the molecule is Fc1cc(-c2ccccc2)cc(-c2ccccc2)c1N(c1ccccc1)c1ccc(Br)cc1. The Bertz CT molecular complexity index is 1350. The van der Waals surface area contributed by atoms with Gasteiger partial charge in [0.1, 0.15) is 5.82 Å². The van der Waals surface area contributed by atoms with Gasteiger partial charge in [-0.15, -0.1) is 0 Å². The van der Waals surface area contributed by atoms with Crippen molar-refractivity contribution in [2.45, 2.75) is 0 Å². The summed E-state index contributed by atoms with van der Waals surface area (Å²) in [6, 6.07) is 41.5. The second-order valence-electron chi connectivity index (χ2n) is 7.73. The van der Waals surface area contributed by atoms with E-state index in [-0.39, 0.29) is 5.82 Å². The molecule has 0 atom stereocenters. The van der Waals surface area contributed by atoms with Gasteiger partial charge in [-0.2, -0.15) is 0 Å². The Morgan fingerprint density at radius 3 is 1.64 bits per heavy atom. The monoisotopic (exact) mass is 493 g/mol. The molecule has 0 heterocycles. The summed E-state index contributed by atoms with van der Waals surface area (Å²) in [7, 11) is 0. The summed E-state index contributed by atoms with van der Waals surface area (Å²) < 4.78 is 17.1. The lowest BCUT2D eigenvalue weighted by molar-refractivity contribution is 0.630. The van der Waals surface area contributed by atoms with Crippen LogP contribution in [0.3, 0.4) is 0 Å². The number of anilines is 3. The van der Waals surface area contributed by atoms with Crippen molar-refractivity contribution in [2.75, 3.05) is 4.90 Å². The van der Waals surface area contributed by atoms with Gasteiger partial charge in [-0.1, -0.05) is 94.8 Å². The van der Waals surface area contributed by atoms with Crippen molar-refractivity contribution in [3.05, 3.63) is 138 Å². The van der Waals surface area contributed by atoms with E-state index in [0.29, 0.717) is 5.69 Å². The summed E-state index contributed by atoms with van der Waals surface area (Å²) in [5.74, 6) is -0.276. The molecule has 0 unspecified atom stereocenters. The Hall–Kier alpha value is -3.69. The van der Waals surface area contributed by atoms with E-state index in [0.717, 1.165) is 38.1 Å². The van der Waals surface area contributed by atoms with Gasteiger partial charge in [-0.05, 0) is 65.2 Å². The molecule has 0 fully saturated rings. The minimum absolute atomic E-state index is 0.276. The van der Waals surface area contributed by atoms with Gasteiger partial charge >= 0.3 is 0 Å². The highest BCUT2D eigenvalue weighted by Gasteiger charge is 2.22. The molecule has 0 aliphatic heterocycles. The largest absolute Gasteiger partial charge is 0.307 e. The van der Waals surface area contributed by atoms with Crippen LogP contribution in [0.15, 0.2) is 132 Å². The molecule has 0 aliphatic rings. The molecule has 0 saturated heterocycles. The van der Waals surface area contributed by atoms with Crippen LogP contribution in [-0.2, 0) is 0 Å². The van der Waals surface area contributed by atoms with Crippen LogP contribution in [0.4, 0.5) is 21.5 Å². The number of nitrogens with zero attached hydrogens (tertiary/aromatic N) is 1. The molecule has 0 spiro atoms. The average molecular weight is 494 g/mol. The zero-order chi connectivity index (χ0) is 22.6. The molecular weight excluding hydrogens is 473 g/mol. The molecule has 5 aromatic carbocycles. The molecule has 5 aromatic rings. The number of rotatable bonds is 5. The minimum atomic E-state index is -0.276. The third-order valence-corrected chi connectivity index (χ3v) is 6.11. The second-order valence-corrected chi connectivity index (χ2v) is 8.65. The van der Waals surface area contributed by atoms with E-state index in [1.807, 2.05) is 120 Å². The zero-order valence-corrected chi connectivity index (χ0v) is 19.4. The normalized spacial score (nSPS) is 10.7. The lowest BCUT2D eigenvalue weighted by Crippen LogP contribution is -2.13. The topological polar surface area (TPSA) is 3.24 Å². The van der Waals surface area contributed by atoms with Crippen molar-refractivity contribution in [1.82, 2.24) is 0 Å². The van der Waals surface area contributed by atoms with Crippen molar-refractivity contribution < 1.29 is 4.39 Å². The van der Waals surface area contributed by atoms with Crippen LogP contribution >= 0.6 is 15.9 Å². The van der Waals surface area contributed by atoms with Gasteiger partial charge in [0.15, 0.2) is 0 Å². The summed E-state index contributed by atoms with van der Waals surface area (Å²) in [5, 5.41) is 0. The van der Waals surface area contributed by atoms with Crippen LogP contribution in [0.2, 0.25) is 0 Å². The lowest BCUT2D eigenvalue weighted by atomic mass is 9.95. The van der Waals surface area contributed by atoms with Gasteiger partial charge in [0, 0.05) is 21.4 Å². The quantitative estimate of drug-likeness (QED) is 0.235. The van der Waals surface area contributed by atoms with E-state index in [1.54, 1.807) is 6.07 Å². The first-order valence-corrected chi connectivity index (χ1v) is 11.5. The predicted molar refractivity (Wildman–Crippen MR) is 140 cm³/mol. The summed E-state index contributed by atoms with van der Waals surface area (Å²) in [4.78, 5) is 1.98. The maximum absolute atomic E-state index is 16.1. The van der Waals surface area contributed by atoms with E-state index >= 15 is 4.39 Å². The van der Waals surface area contributed by atoms with Crippen LogP contribution < -0.4 is 4.90 Å². The van der Waals surface area contributed by atoms with Crippen molar-refractivity contribution >= 4 is 33.0 Å². The number of hydrogen-bond donors (Lipinski definition) is 0. The highest BCUT2D eigenvalue weighted by atomic mass is 79.9. The molecule has 33 heavy (non-hydrogen) atoms. The average Bonchev–Trinajstić information content (AvgIpc) is 2.88. The molecule has 0 aliphatic carbocycles.